The number of rotatable bonds is 6. The van der Waals surface area contributed by atoms with E-state index in [1.165, 1.54) is 0 Å². The van der Waals surface area contributed by atoms with E-state index in [1.54, 1.807) is 0 Å². The Hall–Kier alpha value is -4.08. The Morgan fingerprint density at radius 1 is 0.632 bits per heavy atom. The van der Waals surface area contributed by atoms with Gasteiger partial charge < -0.3 is 4.98 Å². The molecular weight excluding hydrogens is 649 g/mol. The van der Waals surface area contributed by atoms with Crippen molar-refractivity contribution in [1.29, 1.82) is 0 Å². The first kappa shape index (κ1) is 25.6. The monoisotopic (exact) mass is 673 g/mol. The van der Waals surface area contributed by atoms with E-state index in [4.69, 9.17) is 15.2 Å². The van der Waals surface area contributed by atoms with E-state index < -0.39 is 5.41 Å². The van der Waals surface area contributed by atoms with Crippen LogP contribution in [0.15, 0.2) is 109 Å². The molecule has 3 aromatic carbocycles. The molecule has 0 bridgehead atoms. The Morgan fingerprint density at radius 3 is 1.87 bits per heavy atom. The Kier molecular flexibility index (Phi) is 7.22. The molecule has 0 aliphatic heterocycles. The van der Waals surface area contributed by atoms with Crippen molar-refractivity contribution < 1.29 is 21.1 Å². The predicted octanol–water partition coefficient (Wildman–Crippen LogP) is 6.51. The van der Waals surface area contributed by atoms with Crippen LogP contribution in [0, 0.1) is 18.2 Å². The van der Waals surface area contributed by atoms with Gasteiger partial charge in [-0.3, -0.25) is 26.1 Å². The van der Waals surface area contributed by atoms with Gasteiger partial charge in [0.25, 0.3) is 0 Å². The zero-order valence-corrected chi connectivity index (χ0v) is 23.2. The second kappa shape index (κ2) is 10.7. The summed E-state index contributed by atoms with van der Waals surface area (Å²) >= 11 is 0. The summed E-state index contributed by atoms with van der Waals surface area (Å²) < 4.78 is 3.65. The minimum atomic E-state index is -0.393. The topological polar surface area (TPSA) is 48.5 Å². The average Bonchev–Trinajstić information content (AvgIpc) is 3.65. The fraction of sp³-hybridized carbons (Fsp3) is 0.0938. The molecule has 190 valence electrons. The minimum absolute atomic E-state index is 0. The van der Waals surface area contributed by atoms with Crippen LogP contribution >= 0.6 is 0 Å². The van der Waals surface area contributed by atoms with E-state index in [-0.39, 0.29) is 21.1 Å². The molecule has 38 heavy (non-hydrogen) atoms. The fourth-order valence-electron chi connectivity index (χ4n) is 4.28. The molecule has 6 aromatic rings. The van der Waals surface area contributed by atoms with Crippen LogP contribution < -0.4 is 0 Å². The third-order valence-corrected chi connectivity index (χ3v) is 6.46. The number of pyridine rings is 1. The molecule has 0 N–H and O–H groups in total. The third kappa shape index (κ3) is 5.03. The van der Waals surface area contributed by atoms with Gasteiger partial charge in [0.05, 0.1) is 11.4 Å². The van der Waals surface area contributed by atoms with Crippen molar-refractivity contribution in [2.45, 2.75) is 19.3 Å². The number of hydrogen-bond acceptors (Lipinski definition) is 3. The summed E-state index contributed by atoms with van der Waals surface area (Å²) in [5, 5.41) is 9.43. The second-order valence-corrected chi connectivity index (χ2v) is 9.32. The van der Waals surface area contributed by atoms with Crippen LogP contribution in [0.3, 0.4) is 0 Å². The Bertz CT molecular complexity index is 1530. The number of benzene rings is 3. The summed E-state index contributed by atoms with van der Waals surface area (Å²) in [5.41, 5.74) is 6.68. The number of hydrogen-bond donors (Lipinski definition) is 0. The third-order valence-electron chi connectivity index (χ3n) is 6.46. The van der Waals surface area contributed by atoms with Gasteiger partial charge in [-0.15, -0.1) is 17.7 Å². The molecule has 6 heteroatoms. The maximum absolute atomic E-state index is 4.99. The second-order valence-electron chi connectivity index (χ2n) is 9.32. The van der Waals surface area contributed by atoms with Crippen LogP contribution in [0.1, 0.15) is 25.1 Å². The van der Waals surface area contributed by atoms with E-state index in [0.717, 1.165) is 39.6 Å². The van der Waals surface area contributed by atoms with Crippen LogP contribution in [-0.2, 0) is 26.5 Å². The van der Waals surface area contributed by atoms with Gasteiger partial charge in [0.1, 0.15) is 0 Å². The first-order valence-corrected chi connectivity index (χ1v) is 12.1. The molecule has 0 aliphatic rings. The summed E-state index contributed by atoms with van der Waals surface area (Å²) in [6.45, 7) is 4.32. The molecule has 3 aromatic heterocycles. The predicted molar refractivity (Wildman–Crippen MR) is 144 cm³/mol. The zero-order chi connectivity index (χ0) is 25.2. The molecule has 5 nitrogen and oxygen atoms in total. The van der Waals surface area contributed by atoms with Crippen molar-refractivity contribution in [2.75, 3.05) is 0 Å². The quantitative estimate of drug-likeness (QED) is 0.190. The maximum Gasteiger partial charge on any atom is 0.0626 e. The molecule has 0 atom stereocenters. The normalized spacial score (nSPS) is 11.2. The molecule has 0 amide bonds. The molecular formula is C32H24N5Pt-3. The largest absolute Gasteiger partial charge is 0.345 e. The molecule has 0 saturated heterocycles. The van der Waals surface area contributed by atoms with Crippen molar-refractivity contribution in [1.82, 2.24) is 24.5 Å². The molecule has 3 heterocycles. The fourth-order valence-corrected chi connectivity index (χ4v) is 4.28. The molecule has 0 radical (unpaired) electrons. The molecule has 0 spiro atoms. The first-order valence-electron chi connectivity index (χ1n) is 12.1. The van der Waals surface area contributed by atoms with Crippen LogP contribution in [0.25, 0.3) is 34.0 Å². The summed E-state index contributed by atoms with van der Waals surface area (Å²) in [6.07, 6.45) is 3.69. The molecule has 0 aliphatic carbocycles. The zero-order valence-electron chi connectivity index (χ0n) is 20.9. The summed E-state index contributed by atoms with van der Waals surface area (Å²) in [5.74, 6) is 0. The van der Waals surface area contributed by atoms with Gasteiger partial charge in [0, 0.05) is 32.2 Å². The summed E-state index contributed by atoms with van der Waals surface area (Å²) in [7, 11) is 0. The smallest absolute Gasteiger partial charge is 0.0626 e. The van der Waals surface area contributed by atoms with Crippen molar-refractivity contribution in [2.24, 2.45) is 0 Å². The van der Waals surface area contributed by atoms with E-state index in [2.05, 4.69) is 44.2 Å². The summed E-state index contributed by atoms with van der Waals surface area (Å²) in [6, 6.07) is 42.3. The van der Waals surface area contributed by atoms with Gasteiger partial charge >= 0.3 is 0 Å². The Labute approximate surface area is 237 Å². The van der Waals surface area contributed by atoms with E-state index in [9.17, 15) is 0 Å². The van der Waals surface area contributed by atoms with Gasteiger partial charge in [-0.25, -0.2) is 23.3 Å². The van der Waals surface area contributed by atoms with Gasteiger partial charge in [-0.1, -0.05) is 80.1 Å². The van der Waals surface area contributed by atoms with Crippen LogP contribution in [0.2, 0.25) is 0 Å². The van der Waals surface area contributed by atoms with Crippen LogP contribution in [0.5, 0.6) is 0 Å². The van der Waals surface area contributed by atoms with Gasteiger partial charge in [-0.05, 0) is 30.3 Å². The van der Waals surface area contributed by atoms with Crippen molar-refractivity contribution in [3.63, 3.8) is 0 Å². The molecule has 6 rings (SSSR count). The standard InChI is InChI=1S/C32H24N5.Pt/c1-32(2,25-12-9-11-24(23-25)28-19-21-36(34-28)26-13-5-3-6-14-26)31-18-10-17-29(33-31)30-20-22-37(35-30)27-15-7-4-8-16-27;/h3-18,21-22H,1-2H3;/q-3;. The summed E-state index contributed by atoms with van der Waals surface area (Å²) in [4.78, 5) is 4.99. The molecule has 0 fully saturated rings. The Morgan fingerprint density at radius 2 is 1.21 bits per heavy atom. The molecule has 0 saturated carbocycles. The van der Waals surface area contributed by atoms with Gasteiger partial charge in [0.15, 0.2) is 0 Å². The average molecular weight is 674 g/mol. The van der Waals surface area contributed by atoms with Crippen LogP contribution in [-0.4, -0.2) is 24.5 Å². The minimum Gasteiger partial charge on any atom is -0.345 e. The van der Waals surface area contributed by atoms with Crippen molar-refractivity contribution >= 4 is 0 Å². The van der Waals surface area contributed by atoms with Crippen molar-refractivity contribution in [3.05, 3.63) is 139 Å². The number of para-hydroxylation sites is 2. The van der Waals surface area contributed by atoms with E-state index in [0.29, 0.717) is 5.69 Å². The Balaban J connectivity index is 0.00000294. The van der Waals surface area contributed by atoms with E-state index in [1.807, 2.05) is 107 Å². The van der Waals surface area contributed by atoms with Gasteiger partial charge in [-0.2, -0.15) is 11.8 Å². The molecule has 0 unspecified atom stereocenters. The maximum atomic E-state index is 4.99. The SMILES string of the molecule is CC(C)(c1[c-]c(-c2[c-]cn(-c3ccccc3)n2)ccc1)c1cccc(-c2[c-]cn(-c3ccccc3)n2)n1.[Pt]. The van der Waals surface area contributed by atoms with E-state index >= 15 is 0 Å². The number of nitrogens with zero attached hydrogens (tertiary/aromatic N) is 5. The van der Waals surface area contributed by atoms with Crippen LogP contribution in [0.4, 0.5) is 0 Å². The first-order chi connectivity index (χ1) is 18.1. The number of aromatic nitrogens is 5. The van der Waals surface area contributed by atoms with Crippen molar-refractivity contribution in [3.8, 4) is 34.0 Å². The van der Waals surface area contributed by atoms with Gasteiger partial charge in [0.2, 0.25) is 0 Å².